The Bertz CT molecular complexity index is 1040. The number of urea groups is 1. The molecule has 1 aromatic carbocycles. The Morgan fingerprint density at radius 3 is 2.65 bits per heavy atom. The van der Waals surface area contributed by atoms with Crippen molar-refractivity contribution in [2.75, 3.05) is 45.7 Å². The number of nitrogens with zero attached hydrogens (tertiary/aromatic N) is 4. The van der Waals surface area contributed by atoms with E-state index < -0.39 is 5.69 Å². The number of ether oxygens (including phenoxy) is 1. The number of amides is 2. The summed E-state index contributed by atoms with van der Waals surface area (Å²) >= 11 is 0. The molecule has 0 unspecified atom stereocenters. The number of nitrogens with two attached hydrogens (primary N) is 1. The van der Waals surface area contributed by atoms with Gasteiger partial charge >= 0.3 is 11.7 Å². The maximum Gasteiger partial charge on any atom is 0.354 e. The van der Waals surface area contributed by atoms with Crippen LogP contribution in [0.15, 0.2) is 35.3 Å². The molecule has 0 radical (unpaired) electrons. The third-order valence-electron chi connectivity index (χ3n) is 6.78. The number of hydrogen-bond acceptors (Lipinski definition) is 7. The molecule has 4 N–H and O–H groups in total. The molecule has 1 saturated heterocycles. The molecule has 1 saturated carbocycles. The van der Waals surface area contributed by atoms with Crippen LogP contribution >= 0.6 is 0 Å². The standard InChI is InChI=1S/C24H35N7O3/c1-29(19-7-4-18(25)5-8-19)16-17-3-6-20(15-21(17)34-2)31-12-9-22(28-24(31)33)27-23(32)30-13-10-26-11-14-30/h3,6,9,12,15,18-19,26H,4-5,7-8,10-11,13-14,16,25H2,1-2H3,(H,27,28,32,33). The summed E-state index contributed by atoms with van der Waals surface area (Å²) in [6.45, 7) is 3.51. The Morgan fingerprint density at radius 1 is 1.24 bits per heavy atom. The molecule has 2 heterocycles. The predicted octanol–water partition coefficient (Wildman–Crippen LogP) is 1.38. The van der Waals surface area contributed by atoms with Gasteiger partial charge in [0, 0.05) is 62.6 Å². The van der Waals surface area contributed by atoms with Gasteiger partial charge in [-0.15, -0.1) is 0 Å². The van der Waals surface area contributed by atoms with Gasteiger partial charge in [0.15, 0.2) is 0 Å². The normalized spacial score (nSPS) is 20.9. The highest BCUT2D eigenvalue weighted by molar-refractivity contribution is 5.88. The van der Waals surface area contributed by atoms with Crippen LogP contribution in [0.1, 0.15) is 31.2 Å². The lowest BCUT2D eigenvalue weighted by atomic mass is 9.91. The van der Waals surface area contributed by atoms with Crippen molar-refractivity contribution in [3.05, 3.63) is 46.5 Å². The van der Waals surface area contributed by atoms with Gasteiger partial charge in [0.25, 0.3) is 0 Å². The van der Waals surface area contributed by atoms with Crippen LogP contribution in [0.3, 0.4) is 0 Å². The molecule has 0 spiro atoms. The molecular formula is C24H35N7O3. The Morgan fingerprint density at radius 2 is 1.97 bits per heavy atom. The maximum atomic E-state index is 12.7. The van der Waals surface area contributed by atoms with Gasteiger partial charge in [0.05, 0.1) is 12.8 Å². The summed E-state index contributed by atoms with van der Waals surface area (Å²) in [5.74, 6) is 0.960. The SMILES string of the molecule is COc1cc(-n2ccc(NC(=O)N3CCNCC3)nc2=O)ccc1CN(C)C1CCC(N)CC1. The number of aromatic nitrogens is 2. The van der Waals surface area contributed by atoms with Gasteiger partial charge in [0.2, 0.25) is 0 Å². The molecule has 1 aliphatic heterocycles. The Balaban J connectivity index is 1.45. The summed E-state index contributed by atoms with van der Waals surface area (Å²) in [7, 11) is 3.77. The fraction of sp³-hybridized carbons (Fsp3) is 0.542. The minimum absolute atomic E-state index is 0.238. The largest absolute Gasteiger partial charge is 0.496 e. The van der Waals surface area contributed by atoms with Crippen LogP contribution in [-0.2, 0) is 6.54 Å². The minimum atomic E-state index is -0.469. The molecule has 10 heteroatoms. The van der Waals surface area contributed by atoms with Gasteiger partial charge in [-0.05, 0) is 44.9 Å². The molecule has 34 heavy (non-hydrogen) atoms. The summed E-state index contributed by atoms with van der Waals surface area (Å²) in [4.78, 5) is 33.2. The van der Waals surface area contributed by atoms with Crippen molar-refractivity contribution < 1.29 is 9.53 Å². The van der Waals surface area contributed by atoms with Gasteiger partial charge in [-0.25, -0.2) is 9.59 Å². The van der Waals surface area contributed by atoms with Gasteiger partial charge in [-0.2, -0.15) is 4.98 Å². The number of piperazine rings is 1. The fourth-order valence-corrected chi connectivity index (χ4v) is 4.68. The second-order valence-corrected chi connectivity index (χ2v) is 9.11. The zero-order chi connectivity index (χ0) is 24.1. The highest BCUT2D eigenvalue weighted by Gasteiger charge is 2.23. The van der Waals surface area contributed by atoms with Crippen LogP contribution < -0.4 is 26.8 Å². The Kier molecular flexibility index (Phi) is 7.81. The van der Waals surface area contributed by atoms with Crippen LogP contribution in [0.4, 0.5) is 10.6 Å². The average molecular weight is 470 g/mol. The number of rotatable bonds is 6. The summed E-state index contributed by atoms with van der Waals surface area (Å²) in [6, 6.07) is 7.95. The molecule has 1 aliphatic carbocycles. The van der Waals surface area contributed by atoms with Crippen molar-refractivity contribution >= 4 is 11.8 Å². The summed E-state index contributed by atoms with van der Waals surface area (Å²) in [6.07, 6.45) is 5.96. The number of carbonyl (C=O) groups excluding carboxylic acids is 1. The predicted molar refractivity (Wildman–Crippen MR) is 132 cm³/mol. The van der Waals surface area contributed by atoms with Crippen LogP contribution in [0.2, 0.25) is 0 Å². The first kappa shape index (κ1) is 24.2. The molecule has 0 bridgehead atoms. The van der Waals surface area contributed by atoms with Gasteiger partial charge in [0.1, 0.15) is 11.6 Å². The monoisotopic (exact) mass is 469 g/mol. The molecule has 2 aromatic rings. The lowest BCUT2D eigenvalue weighted by Crippen LogP contribution is -2.48. The van der Waals surface area contributed by atoms with Gasteiger partial charge < -0.3 is 20.7 Å². The quantitative estimate of drug-likeness (QED) is 0.585. The number of benzene rings is 1. The Hall–Kier alpha value is -2.95. The van der Waals surface area contributed by atoms with Crippen molar-refractivity contribution in [3.63, 3.8) is 0 Å². The third-order valence-corrected chi connectivity index (χ3v) is 6.78. The van der Waals surface area contributed by atoms with Gasteiger partial charge in [-0.3, -0.25) is 14.8 Å². The van der Waals surface area contributed by atoms with Crippen molar-refractivity contribution in [2.24, 2.45) is 5.73 Å². The molecular weight excluding hydrogens is 434 g/mol. The van der Waals surface area contributed by atoms with E-state index in [4.69, 9.17) is 10.5 Å². The van der Waals surface area contributed by atoms with Crippen molar-refractivity contribution in [1.82, 2.24) is 24.7 Å². The van der Waals surface area contributed by atoms with Crippen LogP contribution in [0.25, 0.3) is 5.69 Å². The van der Waals surface area contributed by atoms with Crippen LogP contribution in [0, 0.1) is 0 Å². The second-order valence-electron chi connectivity index (χ2n) is 9.11. The van der Waals surface area contributed by atoms with Crippen molar-refractivity contribution in [1.29, 1.82) is 0 Å². The highest BCUT2D eigenvalue weighted by Crippen LogP contribution is 2.27. The maximum absolute atomic E-state index is 12.7. The smallest absolute Gasteiger partial charge is 0.354 e. The Labute approximate surface area is 200 Å². The molecule has 2 aliphatic rings. The fourth-order valence-electron chi connectivity index (χ4n) is 4.68. The lowest BCUT2D eigenvalue weighted by molar-refractivity contribution is 0.174. The van der Waals surface area contributed by atoms with E-state index in [-0.39, 0.29) is 11.8 Å². The first-order valence-electron chi connectivity index (χ1n) is 11.9. The first-order chi connectivity index (χ1) is 16.4. The summed E-state index contributed by atoms with van der Waals surface area (Å²) in [5.41, 5.74) is 7.30. The van der Waals surface area contributed by atoms with E-state index in [1.807, 2.05) is 18.2 Å². The minimum Gasteiger partial charge on any atom is -0.496 e. The number of carbonyl (C=O) groups is 1. The average Bonchev–Trinajstić information content (AvgIpc) is 2.85. The van der Waals surface area contributed by atoms with E-state index in [0.717, 1.165) is 56.6 Å². The van der Waals surface area contributed by atoms with Crippen LogP contribution in [0.5, 0.6) is 5.75 Å². The van der Waals surface area contributed by atoms with E-state index in [2.05, 4.69) is 27.6 Å². The highest BCUT2D eigenvalue weighted by atomic mass is 16.5. The number of hydrogen-bond donors (Lipinski definition) is 3. The molecule has 1 aromatic heterocycles. The van der Waals surface area contributed by atoms with Gasteiger partial charge in [-0.1, -0.05) is 6.07 Å². The van der Waals surface area contributed by atoms with E-state index in [1.165, 1.54) is 4.57 Å². The molecule has 4 rings (SSSR count). The van der Waals surface area contributed by atoms with Crippen LogP contribution in [-0.4, -0.2) is 77.8 Å². The number of methoxy groups -OCH3 is 1. The second kappa shape index (κ2) is 11.0. The topological polar surface area (TPSA) is 118 Å². The summed E-state index contributed by atoms with van der Waals surface area (Å²) in [5, 5.41) is 5.92. The molecule has 10 nitrogen and oxygen atoms in total. The zero-order valence-electron chi connectivity index (χ0n) is 20.0. The third kappa shape index (κ3) is 5.75. The van der Waals surface area contributed by atoms with Crippen molar-refractivity contribution in [2.45, 2.75) is 44.3 Å². The van der Waals surface area contributed by atoms with E-state index >= 15 is 0 Å². The molecule has 2 fully saturated rings. The van der Waals surface area contributed by atoms with E-state index in [1.54, 1.807) is 24.3 Å². The number of nitrogens with one attached hydrogen (secondary N) is 2. The summed E-state index contributed by atoms with van der Waals surface area (Å²) < 4.78 is 7.09. The van der Waals surface area contributed by atoms with Crippen molar-refractivity contribution in [3.8, 4) is 11.4 Å². The molecule has 184 valence electrons. The molecule has 0 atom stereocenters. The molecule has 2 amide bonds. The lowest BCUT2D eigenvalue weighted by Gasteiger charge is -2.33. The zero-order valence-corrected chi connectivity index (χ0v) is 20.0. The first-order valence-corrected chi connectivity index (χ1v) is 11.9. The van der Waals surface area contributed by atoms with E-state index in [9.17, 15) is 9.59 Å². The van der Waals surface area contributed by atoms with E-state index in [0.29, 0.717) is 30.9 Å². The number of anilines is 1.